The van der Waals surface area contributed by atoms with Crippen LogP contribution in [0.25, 0.3) is 0 Å². The highest BCUT2D eigenvalue weighted by Gasteiger charge is 2.54. The van der Waals surface area contributed by atoms with Gasteiger partial charge in [0.2, 0.25) is 0 Å². The van der Waals surface area contributed by atoms with Gasteiger partial charge in [-0.05, 0) is 49.7 Å². The van der Waals surface area contributed by atoms with Gasteiger partial charge in [-0.2, -0.15) is 0 Å². The molecular weight excluding hydrogens is 362 g/mol. The Morgan fingerprint density at radius 3 is 2.46 bits per heavy atom. The molecule has 1 aliphatic rings. The molecule has 1 aliphatic heterocycles. The summed E-state index contributed by atoms with van der Waals surface area (Å²) in [5.41, 5.74) is -1.45. The molecule has 0 spiro atoms. The molecule has 0 unspecified atom stereocenters. The van der Waals surface area contributed by atoms with Crippen LogP contribution in [-0.2, 0) is 20.1 Å². The molecule has 1 heterocycles. The maximum absolute atomic E-state index is 14.2. The molecule has 0 bridgehead atoms. The summed E-state index contributed by atoms with van der Waals surface area (Å²) in [4.78, 5) is 0. The molecule has 3 N–H and O–H groups in total. The highest BCUT2D eigenvalue weighted by atomic mass is 32.2. The molecule has 26 heavy (non-hydrogen) atoms. The van der Waals surface area contributed by atoms with Crippen molar-refractivity contribution in [3.05, 3.63) is 65.2 Å². The Labute approximate surface area is 150 Å². The van der Waals surface area contributed by atoms with E-state index in [-0.39, 0.29) is 22.7 Å². The van der Waals surface area contributed by atoms with E-state index in [1.54, 1.807) is 0 Å². The summed E-state index contributed by atoms with van der Waals surface area (Å²) in [5, 5.41) is 20.8. The molecule has 2 atom stereocenters. The van der Waals surface area contributed by atoms with Gasteiger partial charge in [-0.25, -0.2) is 17.2 Å². The minimum atomic E-state index is -4.01. The van der Waals surface area contributed by atoms with E-state index in [1.807, 2.05) is 0 Å². The van der Waals surface area contributed by atoms with Crippen LogP contribution in [0, 0.1) is 17.0 Å². The van der Waals surface area contributed by atoms with Crippen molar-refractivity contribution in [3.63, 3.8) is 0 Å². The highest BCUT2D eigenvalue weighted by molar-refractivity contribution is 7.93. The lowest BCUT2D eigenvalue weighted by Gasteiger charge is -2.45. The zero-order valence-electron chi connectivity index (χ0n) is 14.2. The lowest BCUT2D eigenvalue weighted by atomic mass is 9.90. The van der Waals surface area contributed by atoms with Crippen molar-refractivity contribution >= 4 is 15.7 Å². The van der Waals surface area contributed by atoms with Crippen LogP contribution in [0.4, 0.5) is 8.78 Å². The lowest BCUT2D eigenvalue weighted by Crippen LogP contribution is -2.63. The maximum Gasteiger partial charge on any atom is 0.169 e. The Bertz CT molecular complexity index is 1010. The molecule has 0 radical (unpaired) electrons. The molecule has 2 aromatic rings. The maximum atomic E-state index is 14.2. The largest absolute Gasteiger partial charge is 0.508 e. The number of amidine groups is 1. The number of phenolic OH excluding ortho intramolecular Hbond substituents is 1. The Morgan fingerprint density at radius 2 is 1.85 bits per heavy atom. The molecule has 0 aromatic heterocycles. The van der Waals surface area contributed by atoms with Crippen molar-refractivity contribution in [1.82, 2.24) is 5.32 Å². The predicted octanol–water partition coefficient (Wildman–Crippen LogP) is 2.80. The zero-order chi connectivity index (χ0) is 19.3. The molecule has 1 saturated heterocycles. The SMILES string of the molecule is C[C@@]1(c2cc(F)ccc2F)CS(=O)(=O)[C@@](C)(c2cccc(O)c2)C(=N)N1. The number of sulfone groups is 1. The number of halogens is 2. The first-order valence-electron chi connectivity index (χ1n) is 7.84. The van der Waals surface area contributed by atoms with E-state index in [0.717, 1.165) is 18.2 Å². The van der Waals surface area contributed by atoms with Crippen LogP contribution in [0.5, 0.6) is 5.75 Å². The second-order valence-corrected chi connectivity index (χ2v) is 9.13. The molecule has 3 rings (SSSR count). The van der Waals surface area contributed by atoms with E-state index in [4.69, 9.17) is 5.41 Å². The highest BCUT2D eigenvalue weighted by Crippen LogP contribution is 2.41. The minimum Gasteiger partial charge on any atom is -0.508 e. The van der Waals surface area contributed by atoms with Crippen LogP contribution in [0.15, 0.2) is 42.5 Å². The summed E-state index contributed by atoms with van der Waals surface area (Å²) in [7, 11) is -4.01. The summed E-state index contributed by atoms with van der Waals surface area (Å²) in [6.45, 7) is 2.77. The molecule has 1 fully saturated rings. The van der Waals surface area contributed by atoms with Gasteiger partial charge in [0.15, 0.2) is 14.6 Å². The van der Waals surface area contributed by atoms with E-state index >= 15 is 0 Å². The smallest absolute Gasteiger partial charge is 0.169 e. The van der Waals surface area contributed by atoms with E-state index in [2.05, 4.69) is 5.32 Å². The monoisotopic (exact) mass is 380 g/mol. The van der Waals surface area contributed by atoms with Gasteiger partial charge in [-0.3, -0.25) is 5.41 Å². The number of phenols is 1. The Kier molecular flexibility index (Phi) is 4.06. The van der Waals surface area contributed by atoms with Crippen molar-refractivity contribution in [2.24, 2.45) is 0 Å². The summed E-state index contributed by atoms with van der Waals surface area (Å²) >= 11 is 0. The molecular formula is C18H18F2N2O3S. The second-order valence-electron chi connectivity index (χ2n) is 6.80. The third-order valence-corrected chi connectivity index (χ3v) is 7.54. The van der Waals surface area contributed by atoms with Crippen LogP contribution in [0.2, 0.25) is 0 Å². The number of hydrogen-bond donors (Lipinski definition) is 3. The van der Waals surface area contributed by atoms with Crippen molar-refractivity contribution < 1.29 is 22.3 Å². The average Bonchev–Trinajstić information content (AvgIpc) is 2.54. The van der Waals surface area contributed by atoms with Crippen LogP contribution in [0.3, 0.4) is 0 Å². The van der Waals surface area contributed by atoms with Crippen LogP contribution in [0.1, 0.15) is 25.0 Å². The van der Waals surface area contributed by atoms with E-state index in [1.165, 1.54) is 38.1 Å². The lowest BCUT2D eigenvalue weighted by molar-refractivity contribution is 0.416. The van der Waals surface area contributed by atoms with Crippen LogP contribution < -0.4 is 5.32 Å². The van der Waals surface area contributed by atoms with Crippen LogP contribution in [-0.4, -0.2) is 25.1 Å². The summed E-state index contributed by atoms with van der Waals surface area (Å²) in [5.74, 6) is -2.51. The first-order valence-corrected chi connectivity index (χ1v) is 9.49. The standard InChI is InChI=1S/C18H18F2N2O3S/c1-17(14-9-12(19)6-7-15(14)20)10-26(24,25)18(2,16(21)22-17)11-4-3-5-13(23)8-11/h3-9,23H,10H2,1-2H3,(H2,21,22)/t17-,18-/m0/s1. The first kappa shape index (κ1) is 18.3. The molecule has 2 aromatic carbocycles. The summed E-state index contributed by atoms with van der Waals surface area (Å²) in [6.07, 6.45) is 0. The van der Waals surface area contributed by atoms with Gasteiger partial charge < -0.3 is 10.4 Å². The zero-order valence-corrected chi connectivity index (χ0v) is 15.0. The summed E-state index contributed by atoms with van der Waals surface area (Å²) in [6, 6.07) is 8.46. The second kappa shape index (κ2) is 5.77. The van der Waals surface area contributed by atoms with E-state index in [0.29, 0.717) is 0 Å². The fourth-order valence-corrected chi connectivity index (χ4v) is 5.43. The molecule has 138 valence electrons. The molecule has 0 aliphatic carbocycles. The predicted molar refractivity (Wildman–Crippen MR) is 93.8 cm³/mol. The summed E-state index contributed by atoms with van der Waals surface area (Å²) < 4.78 is 52.4. The molecule has 5 nitrogen and oxygen atoms in total. The Balaban J connectivity index is 2.14. The van der Waals surface area contributed by atoms with Crippen molar-refractivity contribution in [2.45, 2.75) is 24.1 Å². The third-order valence-electron chi connectivity index (χ3n) is 4.90. The Morgan fingerprint density at radius 1 is 1.15 bits per heavy atom. The normalized spacial score (nSPS) is 27.8. The van der Waals surface area contributed by atoms with E-state index < -0.39 is 37.5 Å². The number of nitrogens with one attached hydrogen (secondary N) is 2. The van der Waals surface area contributed by atoms with Crippen molar-refractivity contribution in [2.75, 3.05) is 5.75 Å². The fraction of sp³-hybridized carbons (Fsp3) is 0.278. The van der Waals surface area contributed by atoms with Gasteiger partial charge in [0.25, 0.3) is 0 Å². The van der Waals surface area contributed by atoms with Gasteiger partial charge in [-0.1, -0.05) is 12.1 Å². The van der Waals surface area contributed by atoms with Gasteiger partial charge in [-0.15, -0.1) is 0 Å². The molecule has 0 amide bonds. The van der Waals surface area contributed by atoms with Crippen molar-refractivity contribution in [3.8, 4) is 5.75 Å². The van der Waals surface area contributed by atoms with Crippen molar-refractivity contribution in [1.29, 1.82) is 5.41 Å². The van der Waals surface area contributed by atoms with Gasteiger partial charge >= 0.3 is 0 Å². The van der Waals surface area contributed by atoms with Gasteiger partial charge in [0, 0.05) is 5.56 Å². The Hall–Kier alpha value is -2.48. The topological polar surface area (TPSA) is 90.2 Å². The third kappa shape index (κ3) is 2.65. The number of hydrogen-bond acceptors (Lipinski definition) is 4. The molecule has 0 saturated carbocycles. The number of aromatic hydroxyl groups is 1. The van der Waals surface area contributed by atoms with Gasteiger partial charge in [0.05, 0.1) is 11.3 Å². The minimum absolute atomic E-state index is 0.128. The number of benzene rings is 2. The van der Waals surface area contributed by atoms with Crippen LogP contribution >= 0.6 is 0 Å². The van der Waals surface area contributed by atoms with Gasteiger partial charge in [0.1, 0.15) is 23.2 Å². The van der Waals surface area contributed by atoms with E-state index in [9.17, 15) is 22.3 Å². The average molecular weight is 380 g/mol. The quantitative estimate of drug-likeness (QED) is 0.747. The number of rotatable bonds is 2. The first-order chi connectivity index (χ1) is 12.0. The fourth-order valence-electron chi connectivity index (χ4n) is 3.30. The molecule has 8 heteroatoms.